The van der Waals surface area contributed by atoms with E-state index in [0.29, 0.717) is 0 Å². The SMILES string of the molecule is N=N/N=N/N=N/N=N/N=N/N=N/N=N/N=N/N=N/N=N/N=N/N=N/N=N/N=N\P(=N/N=N/N=N/N=N/N=N/N=N/N=N/N=N/N=N/N=N/N=N/N=N/N=N/N=N/N)=N/N=N/N=N/N=N/N=N/N=N/N=N/N=N/N=N/N=N/N=N/N=N/N=N/N=N/N. The molecule has 0 unspecified atom stereocenters. The highest BCUT2D eigenvalue weighted by Crippen LogP contribution is 2.20. The Morgan fingerprint density at radius 2 is 0.259 bits per heavy atom. The molecule has 0 amide bonds. The van der Waals surface area contributed by atoms with Gasteiger partial charge in [0.15, 0.2) is 0 Å². The van der Waals surface area contributed by atoms with Crippen molar-refractivity contribution < 1.29 is 0 Å². The van der Waals surface area contributed by atoms with Gasteiger partial charge in [-0.05, 0) is 240 Å². The van der Waals surface area contributed by atoms with Crippen LogP contribution in [0.5, 0.6) is 0 Å². The zero-order valence-corrected chi connectivity index (χ0v) is 39.2. The van der Waals surface area contributed by atoms with Crippen molar-refractivity contribution in [2.24, 2.45) is 434 Å². The first kappa shape index (κ1) is 68.5. The van der Waals surface area contributed by atoms with Crippen LogP contribution in [-0.4, -0.2) is 0 Å². The van der Waals surface area contributed by atoms with Crippen molar-refractivity contribution in [1.29, 1.82) is 5.53 Å². The average Bonchev–Trinajstić information content (AvgIpc) is 3.51. The third-order valence-corrected chi connectivity index (χ3v) is 4.11. The predicted molar refractivity (Wildman–Crippen MR) is 215 cm³/mol. The lowest BCUT2D eigenvalue weighted by Crippen LogP contribution is -1.70. The fraction of sp³-hybridized carbons (Fsp3) is 0. The van der Waals surface area contributed by atoms with Gasteiger partial charge in [0.2, 0.25) is 0 Å². The van der Waals surface area contributed by atoms with Crippen molar-refractivity contribution in [3.63, 3.8) is 0 Å². The second-order valence-corrected chi connectivity index (χ2v) is 8.65. The molecule has 0 aromatic heterocycles. The van der Waals surface area contributed by atoms with E-state index in [0.717, 1.165) is 0 Å². The lowest BCUT2D eigenvalue weighted by atomic mass is 12.3. The van der Waals surface area contributed by atoms with Crippen molar-refractivity contribution in [2.75, 3.05) is 0 Å². The first-order valence-corrected chi connectivity index (χ1v) is 18.1. The second kappa shape index (κ2) is 65.5. The number of hydrogen-bond donors (Lipinski definition) is 3. The maximum absolute atomic E-state index is 6.29. The van der Waals surface area contributed by atoms with Crippen molar-refractivity contribution in [3.05, 3.63) is 0 Å². The highest BCUT2D eigenvalue weighted by Gasteiger charge is 1.84. The van der Waals surface area contributed by atoms with Gasteiger partial charge in [0.25, 0.3) is 7.66 Å². The van der Waals surface area contributed by atoms with Crippen LogP contribution in [0.15, 0.2) is 422 Å². The molecule has 0 saturated carbocycles. The van der Waals surface area contributed by atoms with Crippen LogP contribution < -0.4 is 11.7 Å². The van der Waals surface area contributed by atoms with Gasteiger partial charge in [-0.15, -0.1) is 0 Å². The maximum atomic E-state index is 6.29. The van der Waals surface area contributed by atoms with Crippen LogP contribution in [0.25, 0.3) is 0 Å². The fourth-order valence-electron chi connectivity index (χ4n) is 1.52. The predicted octanol–water partition coefficient (Wildman–Crippen LogP) is 14.8. The summed E-state index contributed by atoms with van der Waals surface area (Å²) in [5, 5.41) is 234. The van der Waals surface area contributed by atoms with Gasteiger partial charge in [-0.3, -0.25) is 0 Å². The summed E-state index contributed by atoms with van der Waals surface area (Å²) >= 11 is 0. The molecule has 0 bridgehead atoms. The summed E-state index contributed by atoms with van der Waals surface area (Å²) in [6, 6.07) is 0. The van der Waals surface area contributed by atoms with E-state index in [1.807, 2.05) is 0 Å². The standard InChI is InChI=1S/H5N84P/c1-4-7-10-13-16-19-22-25-28-31-34-37-40-43-46-49-52-55-58-61-64-67-70-73-76-79-82-85(83-80-77-74-71-68-65-62-59-56-53-50-47-44-41-38-35-32-29-26-23-20-17-14-11-8-5-2)84-81-78-75-72-69-66-63-60-57-54-51-48-45-42-39-36-33-30-27-24-21-18-15-12-9-6-3/h1H,(H2,2,8,14,20,26,32,38,44,50,56,62,68,74,80)(H2,3,9,15,21,27,33,39,45,51,57,63,69,75,81)/b4-1?,10-7+,16-13+,22-19+,28-25+,34-31+,40-37+,46-43+,52-49+,58-55+,64-61+,70-67+,76-73+,82-79-. The molecule has 0 heterocycles. The van der Waals surface area contributed by atoms with Gasteiger partial charge in [0, 0.05) is 157 Å². The number of nitrogens with one attached hydrogen (secondary N) is 1. The molecule has 0 rings (SSSR count). The van der Waals surface area contributed by atoms with Crippen LogP contribution in [0.1, 0.15) is 0 Å². The molecule has 430 valence electrons. The van der Waals surface area contributed by atoms with Crippen LogP contribution >= 0.6 is 7.66 Å². The topological polar surface area (TPSA) is 1080 Å². The normalized spacial score (nSPS) is 15.6. The quantitative estimate of drug-likeness (QED) is 0.0233. The Morgan fingerprint density at radius 3 is 0.400 bits per heavy atom. The van der Waals surface area contributed by atoms with Gasteiger partial charge >= 0.3 is 0 Å². The molecule has 85 heteroatoms. The molecule has 85 heavy (non-hydrogen) atoms. The van der Waals surface area contributed by atoms with Crippen molar-refractivity contribution >= 4 is 7.66 Å². The lowest BCUT2D eigenvalue weighted by Gasteiger charge is -1.76. The lowest BCUT2D eigenvalue weighted by molar-refractivity contribution is 0.730. The molecular formula is H5N84P. The van der Waals surface area contributed by atoms with E-state index in [4.69, 9.17) is 5.53 Å². The van der Waals surface area contributed by atoms with E-state index < -0.39 is 7.66 Å². The molecule has 5 N–H and O–H groups in total. The number of rotatable bonds is 40. The zero-order chi connectivity index (χ0) is 60.9. The summed E-state index contributed by atoms with van der Waals surface area (Å²) in [7, 11) is -2.46. The van der Waals surface area contributed by atoms with Crippen LogP contribution in [0.4, 0.5) is 0 Å². The first-order chi connectivity index (χ1) is 42.3. The van der Waals surface area contributed by atoms with E-state index in [9.17, 15) is 0 Å². The third kappa shape index (κ3) is 63.6. The first-order valence-electron chi connectivity index (χ1n) is 16.9. The zero-order valence-electron chi connectivity index (χ0n) is 38.3. The largest absolute Gasteiger partial charge is 0.303 e. The Labute approximate surface area is 447 Å². The van der Waals surface area contributed by atoms with E-state index in [1.54, 1.807) is 0 Å². The number of nitrogens with zero attached hydrogens (tertiary/aromatic N) is 81. The molecule has 0 aliphatic carbocycles. The van der Waals surface area contributed by atoms with Crippen LogP contribution in [0.3, 0.4) is 0 Å². The van der Waals surface area contributed by atoms with Crippen molar-refractivity contribution in [3.8, 4) is 0 Å². The minimum absolute atomic E-state index is 2.46. The Morgan fingerprint density at radius 1 is 0.141 bits per heavy atom. The highest BCUT2D eigenvalue weighted by atomic mass is 31.1. The molecule has 0 aromatic carbocycles. The van der Waals surface area contributed by atoms with E-state index >= 15 is 0 Å². The minimum Gasteiger partial charge on any atom is -0.303 e. The number of hydrogen-bond acceptors (Lipinski definition) is 3. The summed E-state index contributed by atoms with van der Waals surface area (Å²) in [5.41, 5.74) is 6.29. The smallest absolute Gasteiger partial charge is 0.261 e. The molecule has 84 nitrogen and oxygen atoms in total. The van der Waals surface area contributed by atoms with E-state index in [2.05, 4.69) is 434 Å². The molecule has 0 fully saturated rings. The fourth-order valence-corrected chi connectivity index (χ4v) is 1.94. The molecule has 0 aromatic rings. The summed E-state index contributed by atoms with van der Waals surface area (Å²) in [6.07, 6.45) is 0. The van der Waals surface area contributed by atoms with Gasteiger partial charge in [-0.25, -0.2) is 0 Å². The van der Waals surface area contributed by atoms with Crippen molar-refractivity contribution in [1.82, 2.24) is 0 Å². The molecule has 0 atom stereocenters. The van der Waals surface area contributed by atoms with Gasteiger partial charge in [0.1, 0.15) is 0 Å². The highest BCUT2D eigenvalue weighted by molar-refractivity contribution is 7.34. The van der Waals surface area contributed by atoms with Gasteiger partial charge in [0.05, 0.1) is 0 Å². The average molecular weight is 1210 g/mol. The van der Waals surface area contributed by atoms with Crippen LogP contribution in [-0.2, 0) is 0 Å². The third-order valence-electron chi connectivity index (χ3n) is 3.39. The summed E-state index contributed by atoms with van der Waals surface area (Å²) in [4.78, 5) is 10.4. The molecule has 0 radical (unpaired) electrons. The molecule has 0 saturated heterocycles. The second-order valence-electron chi connectivity index (χ2n) is 7.58. The Bertz CT molecular complexity index is 2970. The van der Waals surface area contributed by atoms with E-state index in [-0.39, 0.29) is 0 Å². The summed E-state index contributed by atoms with van der Waals surface area (Å²) < 4.78 is 0. The van der Waals surface area contributed by atoms with Crippen LogP contribution in [0.2, 0.25) is 0 Å². The van der Waals surface area contributed by atoms with Gasteiger partial charge in [-0.2, -0.15) is 5.53 Å². The minimum atomic E-state index is -2.46. The van der Waals surface area contributed by atoms with Crippen molar-refractivity contribution in [2.45, 2.75) is 0 Å². The monoisotopic (exact) mass is 1210 g/mol. The van der Waals surface area contributed by atoms with Gasteiger partial charge < -0.3 is 11.7 Å². The van der Waals surface area contributed by atoms with E-state index in [1.165, 1.54) is 0 Å². The molecular weight excluding hydrogens is 1210 g/mol. The maximum Gasteiger partial charge on any atom is 0.261 e. The Kier molecular flexibility index (Phi) is 52.8. The molecule has 0 spiro atoms. The molecule has 0 aliphatic heterocycles. The Balaban J connectivity index is 5.35. The van der Waals surface area contributed by atoms with Gasteiger partial charge in [-0.1, -0.05) is 25.0 Å². The Hall–Kier alpha value is -16.5. The summed E-state index contributed by atoms with van der Waals surface area (Å²) in [6.45, 7) is 0. The van der Waals surface area contributed by atoms with Crippen LogP contribution in [0, 0.1) is 5.53 Å². The molecule has 0 aliphatic rings. The summed E-state index contributed by atoms with van der Waals surface area (Å²) in [5.74, 6) is 9.29. The number of nitrogens with two attached hydrogens (primary N) is 2.